The van der Waals surface area contributed by atoms with Crippen molar-refractivity contribution in [3.63, 3.8) is 0 Å². The molecule has 0 unspecified atom stereocenters. The van der Waals surface area contributed by atoms with Gasteiger partial charge in [-0.1, -0.05) is 12.1 Å². The number of ether oxygens (including phenoxy) is 6. The summed E-state index contributed by atoms with van der Waals surface area (Å²) < 4.78 is 75.2. The molecule has 0 radical (unpaired) electrons. The first-order valence-corrected chi connectivity index (χ1v) is 13.9. The number of alkyl halides is 3. The Labute approximate surface area is 245 Å². The third-order valence-electron chi connectivity index (χ3n) is 6.72. The maximum atomic E-state index is 14.0. The van der Waals surface area contributed by atoms with E-state index >= 15 is 0 Å². The monoisotopic (exact) mass is 597 g/mol. The number of methoxy groups -OCH3 is 2. The molecule has 11 heteroatoms. The summed E-state index contributed by atoms with van der Waals surface area (Å²) in [6.45, 7) is 9.08. The maximum Gasteiger partial charge on any atom is 0.419 e. The van der Waals surface area contributed by atoms with E-state index in [9.17, 15) is 18.0 Å². The maximum absolute atomic E-state index is 14.0. The van der Waals surface area contributed by atoms with Gasteiger partial charge in [-0.3, -0.25) is 0 Å². The van der Waals surface area contributed by atoms with Crippen LogP contribution < -0.4 is 19.5 Å². The summed E-state index contributed by atoms with van der Waals surface area (Å²) in [5.41, 5.74) is -1.15. The Morgan fingerprint density at radius 3 is 2.07 bits per heavy atom. The van der Waals surface area contributed by atoms with Crippen LogP contribution >= 0.6 is 0 Å². The summed E-state index contributed by atoms with van der Waals surface area (Å²) in [7, 11) is 3.09. The molecule has 1 aliphatic rings. The van der Waals surface area contributed by atoms with Crippen LogP contribution in [0, 0.1) is 0 Å². The second-order valence-electron chi connectivity index (χ2n) is 11.9. The number of halogens is 3. The van der Waals surface area contributed by atoms with Crippen molar-refractivity contribution in [3.05, 3.63) is 53.1 Å². The van der Waals surface area contributed by atoms with Crippen LogP contribution in [0.5, 0.6) is 17.2 Å². The number of hydrogen-bond acceptors (Lipinski definition) is 7. The van der Waals surface area contributed by atoms with Crippen molar-refractivity contribution in [2.45, 2.75) is 83.4 Å². The van der Waals surface area contributed by atoms with Gasteiger partial charge in [0.15, 0.2) is 17.3 Å². The smallest absolute Gasteiger partial charge is 0.419 e. The molecule has 1 aliphatic heterocycles. The van der Waals surface area contributed by atoms with Crippen LogP contribution in [0.3, 0.4) is 0 Å². The number of alkyl carbamates (subject to hydrolysis) is 1. The minimum atomic E-state index is -4.61. The van der Waals surface area contributed by atoms with Gasteiger partial charge >= 0.3 is 12.3 Å². The van der Waals surface area contributed by atoms with Crippen molar-refractivity contribution in [2.24, 2.45) is 0 Å². The third kappa shape index (κ3) is 9.69. The van der Waals surface area contributed by atoms with Crippen LogP contribution in [-0.2, 0) is 33.2 Å². The van der Waals surface area contributed by atoms with Gasteiger partial charge in [-0.15, -0.1) is 0 Å². The van der Waals surface area contributed by atoms with Crippen molar-refractivity contribution >= 4 is 6.09 Å². The molecule has 42 heavy (non-hydrogen) atoms. The minimum absolute atomic E-state index is 0.101. The van der Waals surface area contributed by atoms with Crippen LogP contribution in [0.25, 0.3) is 0 Å². The van der Waals surface area contributed by atoms with Gasteiger partial charge in [-0.05, 0) is 95.7 Å². The van der Waals surface area contributed by atoms with E-state index in [0.717, 1.165) is 11.6 Å². The van der Waals surface area contributed by atoms with Crippen LogP contribution in [0.2, 0.25) is 0 Å². The molecule has 1 amide bonds. The number of carbonyl (C=O) groups is 1. The van der Waals surface area contributed by atoms with Gasteiger partial charge in [0.1, 0.15) is 11.4 Å². The van der Waals surface area contributed by atoms with Crippen molar-refractivity contribution in [2.75, 3.05) is 34.0 Å². The first-order chi connectivity index (χ1) is 19.5. The molecule has 3 rings (SSSR count). The van der Waals surface area contributed by atoms with Crippen molar-refractivity contribution in [3.8, 4) is 17.2 Å². The number of aryl methyl sites for hydroxylation is 2. The highest BCUT2D eigenvalue weighted by atomic mass is 19.4. The van der Waals surface area contributed by atoms with Gasteiger partial charge in [0, 0.05) is 0 Å². The fourth-order valence-corrected chi connectivity index (χ4v) is 4.46. The number of benzene rings is 2. The van der Waals surface area contributed by atoms with Crippen LogP contribution in [-0.4, -0.2) is 57.1 Å². The highest BCUT2D eigenvalue weighted by molar-refractivity contribution is 5.69. The van der Waals surface area contributed by atoms with Crippen molar-refractivity contribution < 1.29 is 46.4 Å². The SMILES string of the molecule is COc1ccc(CCCOc2ccc(CCC3(NC(=O)OC(C)(C)C)COC(C)(C)OC3)cc2C(F)(F)F)cc1OC. The molecule has 8 nitrogen and oxygen atoms in total. The standard InChI is InChI=1S/C31H42F3NO7/c1-28(2,3)42-27(36)35-30(19-40-29(4,5)41-20-30)15-14-22-10-12-24(23(17-22)31(32,33)34)39-16-8-9-21-11-13-25(37-6)26(18-21)38-7/h10-13,17-18H,8-9,14-16,19-20H2,1-7H3,(H,35,36). The molecule has 1 heterocycles. The number of amides is 1. The van der Waals surface area contributed by atoms with Gasteiger partial charge in [0.25, 0.3) is 0 Å². The molecule has 1 saturated heterocycles. The lowest BCUT2D eigenvalue weighted by Crippen LogP contribution is -2.61. The molecule has 0 bridgehead atoms. The summed E-state index contributed by atoms with van der Waals surface area (Å²) in [5, 5.41) is 2.84. The Hall–Kier alpha value is -3.18. The summed E-state index contributed by atoms with van der Waals surface area (Å²) in [4.78, 5) is 12.6. The van der Waals surface area contributed by atoms with E-state index in [1.165, 1.54) is 6.07 Å². The molecule has 0 atom stereocenters. The lowest BCUT2D eigenvalue weighted by atomic mass is 9.91. The Bertz CT molecular complexity index is 1200. The zero-order valence-electron chi connectivity index (χ0n) is 25.4. The summed E-state index contributed by atoms with van der Waals surface area (Å²) in [6, 6.07) is 9.55. The van der Waals surface area contributed by atoms with E-state index in [-0.39, 0.29) is 38.4 Å². The molecule has 1 fully saturated rings. The Balaban J connectivity index is 1.67. The van der Waals surface area contributed by atoms with Crippen LogP contribution in [0.4, 0.5) is 18.0 Å². The number of hydrogen-bond donors (Lipinski definition) is 1. The fraction of sp³-hybridized carbons (Fsp3) is 0.581. The molecular weight excluding hydrogens is 555 g/mol. The normalized spacial score (nSPS) is 16.4. The van der Waals surface area contributed by atoms with Crippen molar-refractivity contribution in [1.82, 2.24) is 5.32 Å². The Morgan fingerprint density at radius 2 is 1.50 bits per heavy atom. The van der Waals surface area contributed by atoms with Gasteiger partial charge in [0.05, 0.1) is 45.1 Å². The quantitative estimate of drug-likeness (QED) is 0.288. The number of nitrogens with one attached hydrogen (secondary N) is 1. The van der Waals surface area contributed by atoms with Crippen LogP contribution in [0.1, 0.15) is 64.2 Å². The van der Waals surface area contributed by atoms with Gasteiger partial charge < -0.3 is 33.7 Å². The first-order valence-electron chi connectivity index (χ1n) is 13.9. The molecule has 234 valence electrons. The summed E-state index contributed by atoms with van der Waals surface area (Å²) >= 11 is 0. The van der Waals surface area contributed by atoms with E-state index in [1.54, 1.807) is 61.0 Å². The number of rotatable bonds is 11. The Morgan fingerprint density at radius 1 is 0.905 bits per heavy atom. The van der Waals surface area contributed by atoms with Gasteiger partial charge in [0.2, 0.25) is 0 Å². The molecule has 1 N–H and O–H groups in total. The second kappa shape index (κ2) is 13.4. The predicted molar refractivity (Wildman–Crippen MR) is 151 cm³/mol. The zero-order chi connectivity index (χ0) is 31.2. The third-order valence-corrected chi connectivity index (χ3v) is 6.72. The zero-order valence-corrected chi connectivity index (χ0v) is 25.4. The van der Waals surface area contributed by atoms with Crippen LogP contribution in [0.15, 0.2) is 36.4 Å². The average Bonchev–Trinajstić information content (AvgIpc) is 2.90. The molecule has 0 aliphatic carbocycles. The largest absolute Gasteiger partial charge is 0.493 e. The highest BCUT2D eigenvalue weighted by Gasteiger charge is 2.42. The van der Waals surface area contributed by atoms with E-state index in [4.69, 9.17) is 28.4 Å². The first kappa shape index (κ1) is 33.3. The molecule has 2 aromatic rings. The van der Waals surface area contributed by atoms with Crippen molar-refractivity contribution in [1.29, 1.82) is 0 Å². The van der Waals surface area contributed by atoms with Gasteiger partial charge in [-0.25, -0.2) is 4.79 Å². The summed E-state index contributed by atoms with van der Waals surface area (Å²) in [5.74, 6) is 0.114. The lowest BCUT2D eigenvalue weighted by molar-refractivity contribution is -0.271. The molecule has 0 aromatic heterocycles. The minimum Gasteiger partial charge on any atom is -0.493 e. The predicted octanol–water partition coefficient (Wildman–Crippen LogP) is 6.71. The van der Waals surface area contributed by atoms with E-state index < -0.39 is 34.8 Å². The second-order valence-corrected chi connectivity index (χ2v) is 11.9. The Kier molecular flexibility index (Phi) is 10.6. The molecular formula is C31H42F3NO7. The summed E-state index contributed by atoms with van der Waals surface area (Å²) in [6.07, 6.45) is -3.67. The van der Waals surface area contributed by atoms with E-state index in [2.05, 4.69) is 5.32 Å². The molecule has 0 saturated carbocycles. The highest BCUT2D eigenvalue weighted by Crippen LogP contribution is 2.38. The molecule has 2 aromatic carbocycles. The average molecular weight is 598 g/mol. The van der Waals surface area contributed by atoms with E-state index in [0.29, 0.717) is 29.9 Å². The topological polar surface area (TPSA) is 84.5 Å². The number of carbonyl (C=O) groups excluding carboxylic acids is 1. The fourth-order valence-electron chi connectivity index (χ4n) is 4.46. The van der Waals surface area contributed by atoms with Gasteiger partial charge in [-0.2, -0.15) is 13.2 Å². The van der Waals surface area contributed by atoms with E-state index in [1.807, 2.05) is 12.1 Å². The molecule has 0 spiro atoms. The lowest BCUT2D eigenvalue weighted by Gasteiger charge is -2.44.